The van der Waals surface area contributed by atoms with E-state index < -0.39 is 56.9 Å². The highest BCUT2D eigenvalue weighted by Gasteiger charge is 2.45. The lowest BCUT2D eigenvalue weighted by atomic mass is 9.91. The first-order chi connectivity index (χ1) is 15.6. The number of carbonyl (C=O) groups excluding carboxylic acids is 1. The number of rotatable bonds is 6. The maximum Gasteiger partial charge on any atom is 0.425 e. The van der Waals surface area contributed by atoms with Crippen molar-refractivity contribution in [1.82, 2.24) is 9.21 Å². The number of aryl methyl sites for hydroxylation is 1. The first-order valence-corrected chi connectivity index (χ1v) is 12.6. The van der Waals surface area contributed by atoms with Crippen LogP contribution < -0.4 is 4.74 Å². The summed E-state index contributed by atoms with van der Waals surface area (Å²) in [6.45, 7) is 2.38. The van der Waals surface area contributed by atoms with Gasteiger partial charge in [-0.15, -0.1) is 0 Å². The van der Waals surface area contributed by atoms with Gasteiger partial charge in [0.2, 0.25) is 21.9 Å². The van der Waals surface area contributed by atoms with Crippen molar-refractivity contribution in [3.8, 4) is 5.75 Å². The van der Waals surface area contributed by atoms with Crippen molar-refractivity contribution < 1.29 is 39.9 Å². The molecule has 0 N–H and O–H groups in total. The number of likely N-dealkylation sites (N-methyl/N-ethyl adjacent to an activating group) is 1. The molecule has 0 radical (unpaired) electrons. The lowest BCUT2D eigenvalue weighted by Gasteiger charge is -2.37. The summed E-state index contributed by atoms with van der Waals surface area (Å²) in [5.74, 6) is -3.71. The molecule has 2 aliphatic rings. The van der Waals surface area contributed by atoms with Crippen LogP contribution in [-0.4, -0.2) is 67.4 Å². The zero-order valence-corrected chi connectivity index (χ0v) is 20.1. The Morgan fingerprint density at radius 1 is 1.21 bits per heavy atom. The third-order valence-corrected chi connectivity index (χ3v) is 8.47. The molecular formula is C22H29F5N2O4S. The number of alkyl halides is 5. The second-order valence-electron chi connectivity index (χ2n) is 9.06. The molecule has 0 aromatic heterocycles. The average molecular weight is 513 g/mol. The molecule has 1 aromatic rings. The Morgan fingerprint density at radius 3 is 2.41 bits per heavy atom. The average Bonchev–Trinajstić information content (AvgIpc) is 3.23. The fraction of sp³-hybridized carbons (Fsp3) is 0.682. The lowest BCUT2D eigenvalue weighted by Crippen LogP contribution is -2.50. The molecule has 1 saturated carbocycles. The molecular weight excluding hydrogens is 483 g/mol. The standard InChI is InChI=1S/C22H29F5N2O4S/c1-14-6-7-19(18(13-14)33-15(2)22(25,26)27)34(31,32)29-12-4-5-17(29)20(30)28(3)16-8-10-21(23,24)11-9-16/h6-7,13,15-17H,4-5,8-12H2,1-3H3/t15-,17-/m0/s1. The molecule has 2 fully saturated rings. The summed E-state index contributed by atoms with van der Waals surface area (Å²) in [5, 5.41) is 0. The molecule has 1 heterocycles. The Labute approximate surface area is 196 Å². The van der Waals surface area contributed by atoms with Crippen LogP contribution in [0.4, 0.5) is 22.0 Å². The van der Waals surface area contributed by atoms with Gasteiger partial charge < -0.3 is 9.64 Å². The summed E-state index contributed by atoms with van der Waals surface area (Å²) in [4.78, 5) is 14.1. The molecule has 1 aliphatic carbocycles. The van der Waals surface area contributed by atoms with Crippen LogP contribution in [-0.2, 0) is 14.8 Å². The van der Waals surface area contributed by atoms with Gasteiger partial charge in [-0.05, 0) is 57.2 Å². The highest BCUT2D eigenvalue weighted by atomic mass is 32.2. The number of sulfonamides is 1. The summed E-state index contributed by atoms with van der Waals surface area (Å²) in [6.07, 6.45) is -6.79. The monoisotopic (exact) mass is 512 g/mol. The zero-order chi connectivity index (χ0) is 25.5. The number of amides is 1. The van der Waals surface area contributed by atoms with Gasteiger partial charge in [-0.3, -0.25) is 4.79 Å². The SMILES string of the molecule is Cc1ccc(S(=O)(=O)N2CCC[C@H]2C(=O)N(C)C2CCC(F)(F)CC2)c(O[C@@H](C)C(F)(F)F)c1. The van der Waals surface area contributed by atoms with Crippen LogP contribution in [0.2, 0.25) is 0 Å². The van der Waals surface area contributed by atoms with E-state index in [0.717, 1.165) is 11.2 Å². The number of hydrogen-bond donors (Lipinski definition) is 0. The van der Waals surface area contributed by atoms with E-state index in [9.17, 15) is 35.2 Å². The van der Waals surface area contributed by atoms with Crippen molar-refractivity contribution in [3.63, 3.8) is 0 Å². The van der Waals surface area contributed by atoms with Gasteiger partial charge in [0, 0.05) is 32.5 Å². The van der Waals surface area contributed by atoms with Crippen molar-refractivity contribution in [2.75, 3.05) is 13.6 Å². The van der Waals surface area contributed by atoms with Crippen LogP contribution in [0.1, 0.15) is 51.0 Å². The molecule has 2 atom stereocenters. The Kier molecular flexibility index (Phi) is 7.52. The summed E-state index contributed by atoms with van der Waals surface area (Å²) in [7, 11) is -2.90. The van der Waals surface area contributed by atoms with E-state index >= 15 is 0 Å². The van der Waals surface area contributed by atoms with E-state index in [2.05, 4.69) is 0 Å². The molecule has 3 rings (SSSR count). The van der Waals surface area contributed by atoms with E-state index in [1.165, 1.54) is 30.1 Å². The first kappa shape index (κ1) is 26.7. The Morgan fingerprint density at radius 2 is 1.82 bits per heavy atom. The van der Waals surface area contributed by atoms with Gasteiger partial charge >= 0.3 is 6.18 Å². The maximum absolute atomic E-state index is 13.5. The van der Waals surface area contributed by atoms with Crippen LogP contribution in [0.25, 0.3) is 0 Å². The molecule has 34 heavy (non-hydrogen) atoms. The molecule has 0 spiro atoms. The number of carbonyl (C=O) groups is 1. The van der Waals surface area contributed by atoms with E-state index in [1.54, 1.807) is 6.92 Å². The van der Waals surface area contributed by atoms with E-state index in [0.29, 0.717) is 12.0 Å². The van der Waals surface area contributed by atoms with E-state index in [-0.39, 0.29) is 38.6 Å². The summed E-state index contributed by atoms with van der Waals surface area (Å²) in [5.41, 5.74) is 0.506. The largest absolute Gasteiger partial charge is 0.480 e. The number of ether oxygens (including phenoxy) is 1. The Hall–Kier alpha value is -1.95. The molecule has 0 bridgehead atoms. The van der Waals surface area contributed by atoms with Crippen molar-refractivity contribution in [3.05, 3.63) is 23.8 Å². The number of halogens is 5. The van der Waals surface area contributed by atoms with Crippen molar-refractivity contribution in [1.29, 1.82) is 0 Å². The van der Waals surface area contributed by atoms with Crippen LogP contribution in [0.5, 0.6) is 5.75 Å². The third-order valence-electron chi connectivity index (χ3n) is 6.52. The van der Waals surface area contributed by atoms with Crippen molar-refractivity contribution in [2.45, 2.75) is 87.6 Å². The van der Waals surface area contributed by atoms with E-state index in [1.807, 2.05) is 0 Å². The van der Waals surface area contributed by atoms with Crippen LogP contribution in [0, 0.1) is 6.92 Å². The topological polar surface area (TPSA) is 66.9 Å². The minimum Gasteiger partial charge on any atom is -0.480 e. The highest BCUT2D eigenvalue weighted by Crippen LogP contribution is 2.37. The van der Waals surface area contributed by atoms with Gasteiger partial charge in [-0.25, -0.2) is 17.2 Å². The maximum atomic E-state index is 13.5. The van der Waals surface area contributed by atoms with Crippen molar-refractivity contribution >= 4 is 15.9 Å². The highest BCUT2D eigenvalue weighted by molar-refractivity contribution is 7.89. The van der Waals surface area contributed by atoms with Crippen LogP contribution in [0.15, 0.2) is 23.1 Å². The minimum atomic E-state index is -4.70. The first-order valence-electron chi connectivity index (χ1n) is 11.1. The zero-order valence-electron chi connectivity index (χ0n) is 19.2. The van der Waals surface area contributed by atoms with Gasteiger partial charge in [0.05, 0.1) is 0 Å². The predicted molar refractivity (Wildman–Crippen MR) is 114 cm³/mol. The van der Waals surface area contributed by atoms with Crippen molar-refractivity contribution in [2.24, 2.45) is 0 Å². The molecule has 1 aromatic carbocycles. The van der Waals surface area contributed by atoms with E-state index in [4.69, 9.17) is 4.74 Å². The molecule has 0 unspecified atom stereocenters. The smallest absolute Gasteiger partial charge is 0.425 e. The second-order valence-corrected chi connectivity index (χ2v) is 10.9. The molecule has 1 aliphatic heterocycles. The van der Waals surface area contributed by atoms with Crippen LogP contribution >= 0.6 is 0 Å². The molecule has 1 amide bonds. The Balaban J connectivity index is 1.85. The fourth-order valence-corrected chi connectivity index (χ4v) is 6.16. The lowest BCUT2D eigenvalue weighted by molar-refractivity contribution is -0.189. The number of nitrogens with zero attached hydrogens (tertiary/aromatic N) is 2. The molecule has 1 saturated heterocycles. The van der Waals surface area contributed by atoms with Gasteiger partial charge in [0.1, 0.15) is 16.7 Å². The second kappa shape index (κ2) is 9.60. The van der Waals surface area contributed by atoms with Gasteiger partial charge in [0.15, 0.2) is 6.10 Å². The quantitative estimate of drug-likeness (QED) is 0.526. The van der Waals surface area contributed by atoms with Gasteiger partial charge in [-0.1, -0.05) is 6.07 Å². The Bertz CT molecular complexity index is 1010. The fourth-order valence-electron chi connectivity index (χ4n) is 4.41. The number of benzene rings is 1. The molecule has 12 heteroatoms. The summed E-state index contributed by atoms with van der Waals surface area (Å²) < 4.78 is 99.2. The third kappa shape index (κ3) is 5.64. The summed E-state index contributed by atoms with van der Waals surface area (Å²) >= 11 is 0. The van der Waals surface area contributed by atoms with Gasteiger partial charge in [-0.2, -0.15) is 17.5 Å². The van der Waals surface area contributed by atoms with Crippen LogP contribution in [0.3, 0.4) is 0 Å². The summed E-state index contributed by atoms with van der Waals surface area (Å²) in [6, 6.07) is 2.35. The molecule has 192 valence electrons. The normalized spacial score (nSPS) is 23.0. The number of hydrogen-bond acceptors (Lipinski definition) is 4. The molecule has 6 nitrogen and oxygen atoms in total. The predicted octanol–water partition coefficient (Wildman–Crippen LogP) is 4.51. The van der Waals surface area contributed by atoms with Gasteiger partial charge in [0.25, 0.3) is 0 Å². The minimum absolute atomic E-state index is 0.0114.